The smallest absolute Gasteiger partial charge is 0.346 e. The first-order valence-electron chi connectivity index (χ1n) is 8.96. The molecule has 0 aliphatic carbocycles. The Labute approximate surface area is 175 Å². The number of thiazole rings is 1. The molecule has 0 fully saturated rings. The van der Waals surface area contributed by atoms with Gasteiger partial charge in [0.25, 0.3) is 5.91 Å². The Bertz CT molecular complexity index is 1040. The minimum Gasteiger partial charge on any atom is -0.478 e. The van der Waals surface area contributed by atoms with Crippen LogP contribution in [0.15, 0.2) is 48.5 Å². The molecule has 30 heavy (non-hydrogen) atoms. The van der Waals surface area contributed by atoms with E-state index in [-0.39, 0.29) is 18.1 Å². The number of benzene rings is 2. The molecule has 1 unspecified atom stereocenters. The second-order valence-corrected chi connectivity index (χ2v) is 7.52. The quantitative estimate of drug-likeness (QED) is 0.568. The predicted octanol–water partition coefficient (Wildman–Crippen LogP) is 3.58. The number of aryl methyl sites for hydroxylation is 1. The first-order chi connectivity index (χ1) is 14.3. The van der Waals surface area contributed by atoms with Gasteiger partial charge in [0.2, 0.25) is 6.10 Å². The maximum atomic E-state index is 13.0. The van der Waals surface area contributed by atoms with Gasteiger partial charge >= 0.3 is 5.97 Å². The number of nitrogens with zero attached hydrogens (tertiary/aromatic N) is 1. The Morgan fingerprint density at radius 3 is 2.30 bits per heavy atom. The molecule has 0 aliphatic heterocycles. The van der Waals surface area contributed by atoms with Crippen molar-refractivity contribution in [1.82, 2.24) is 10.3 Å². The van der Waals surface area contributed by atoms with Crippen LogP contribution in [0.2, 0.25) is 0 Å². The number of ether oxygens (including phenoxy) is 1. The van der Waals surface area contributed by atoms with Crippen molar-refractivity contribution in [2.75, 3.05) is 6.54 Å². The molecule has 0 radical (unpaired) electrons. The van der Waals surface area contributed by atoms with Crippen molar-refractivity contribution in [3.63, 3.8) is 0 Å². The molecule has 0 bridgehead atoms. The molecule has 1 heterocycles. The summed E-state index contributed by atoms with van der Waals surface area (Å²) in [4.78, 5) is 28.7. The second kappa shape index (κ2) is 9.45. The van der Waals surface area contributed by atoms with Crippen LogP contribution in [-0.4, -0.2) is 34.6 Å². The molecule has 1 amide bonds. The number of aliphatic carboxylic acids is 1. The zero-order chi connectivity index (χ0) is 21.7. The van der Waals surface area contributed by atoms with Crippen LogP contribution in [0, 0.1) is 18.6 Å². The van der Waals surface area contributed by atoms with E-state index in [0.29, 0.717) is 22.0 Å². The lowest BCUT2D eigenvalue weighted by atomic mass is 10.1. The number of aromatic nitrogens is 1. The Morgan fingerprint density at radius 2 is 1.70 bits per heavy atom. The van der Waals surface area contributed by atoms with Crippen LogP contribution in [0.5, 0.6) is 5.75 Å². The molecule has 9 heteroatoms. The third-order valence-electron chi connectivity index (χ3n) is 4.13. The minimum atomic E-state index is -1.34. The van der Waals surface area contributed by atoms with Gasteiger partial charge in [-0.05, 0) is 48.9 Å². The highest BCUT2D eigenvalue weighted by atomic mass is 32.1. The first kappa shape index (κ1) is 21.4. The van der Waals surface area contributed by atoms with Gasteiger partial charge in [-0.25, -0.2) is 18.6 Å². The summed E-state index contributed by atoms with van der Waals surface area (Å²) in [6, 6.07) is 10.9. The Hall–Kier alpha value is -3.33. The fraction of sp³-hybridized carbons (Fsp3) is 0.190. The maximum absolute atomic E-state index is 13.0. The highest BCUT2D eigenvalue weighted by molar-refractivity contribution is 7.13. The number of rotatable bonds is 8. The summed E-state index contributed by atoms with van der Waals surface area (Å²) in [5, 5.41) is 12.5. The number of nitrogens with one attached hydrogen (secondary N) is 1. The first-order valence-corrected chi connectivity index (χ1v) is 9.77. The zero-order valence-electron chi connectivity index (χ0n) is 15.9. The van der Waals surface area contributed by atoms with Gasteiger partial charge in [-0.2, -0.15) is 0 Å². The topological polar surface area (TPSA) is 88.5 Å². The number of carbonyl (C=O) groups excluding carboxylic acids is 1. The number of hydrogen-bond donors (Lipinski definition) is 2. The average Bonchev–Trinajstić information content (AvgIpc) is 3.08. The molecule has 0 saturated carbocycles. The molecule has 0 saturated heterocycles. The van der Waals surface area contributed by atoms with Crippen LogP contribution in [0.25, 0.3) is 0 Å². The molecule has 1 aromatic heterocycles. The van der Waals surface area contributed by atoms with Crippen molar-refractivity contribution in [3.05, 3.63) is 81.3 Å². The van der Waals surface area contributed by atoms with E-state index in [2.05, 4.69) is 10.3 Å². The number of carbonyl (C=O) groups is 2. The van der Waals surface area contributed by atoms with Gasteiger partial charge in [-0.1, -0.05) is 12.1 Å². The fourth-order valence-electron chi connectivity index (χ4n) is 2.64. The molecule has 6 nitrogen and oxygen atoms in total. The third-order valence-corrected chi connectivity index (χ3v) is 5.29. The van der Waals surface area contributed by atoms with E-state index in [1.807, 2.05) is 0 Å². The summed E-state index contributed by atoms with van der Waals surface area (Å²) in [5.74, 6) is -2.36. The summed E-state index contributed by atoms with van der Waals surface area (Å²) in [5.41, 5.74) is 1.37. The predicted molar refractivity (Wildman–Crippen MR) is 107 cm³/mol. The Kier molecular flexibility index (Phi) is 6.73. The van der Waals surface area contributed by atoms with Gasteiger partial charge < -0.3 is 15.2 Å². The van der Waals surface area contributed by atoms with Crippen molar-refractivity contribution in [2.24, 2.45) is 0 Å². The molecule has 0 aliphatic rings. The van der Waals surface area contributed by atoms with Gasteiger partial charge in [0.1, 0.15) is 22.3 Å². The largest absolute Gasteiger partial charge is 0.478 e. The molecule has 0 spiro atoms. The SMILES string of the molecule is Cc1nc(Cc2ccc(F)cc2)sc1C(=O)NCC(Oc1ccc(F)cc1)C(=O)O. The maximum Gasteiger partial charge on any atom is 0.346 e. The number of amides is 1. The highest BCUT2D eigenvalue weighted by Crippen LogP contribution is 2.21. The van der Waals surface area contributed by atoms with Crippen molar-refractivity contribution >= 4 is 23.2 Å². The van der Waals surface area contributed by atoms with Gasteiger partial charge in [0.05, 0.1) is 17.2 Å². The third kappa shape index (κ3) is 5.60. The monoisotopic (exact) mass is 432 g/mol. The van der Waals surface area contributed by atoms with E-state index in [4.69, 9.17) is 4.74 Å². The summed E-state index contributed by atoms with van der Waals surface area (Å²) in [6.07, 6.45) is -0.892. The normalized spacial score (nSPS) is 11.7. The molecular weight excluding hydrogens is 414 g/mol. The van der Waals surface area contributed by atoms with Crippen LogP contribution in [0.3, 0.4) is 0 Å². The molecule has 1 atom stereocenters. The number of hydrogen-bond acceptors (Lipinski definition) is 5. The lowest BCUT2D eigenvalue weighted by Crippen LogP contribution is -2.40. The van der Waals surface area contributed by atoms with E-state index in [0.717, 1.165) is 17.7 Å². The average molecular weight is 432 g/mol. The van der Waals surface area contributed by atoms with E-state index in [9.17, 15) is 23.5 Å². The van der Waals surface area contributed by atoms with E-state index < -0.39 is 23.8 Å². The molecule has 156 valence electrons. The highest BCUT2D eigenvalue weighted by Gasteiger charge is 2.22. The summed E-state index contributed by atoms with van der Waals surface area (Å²) in [7, 11) is 0. The Balaban J connectivity index is 1.62. The lowest BCUT2D eigenvalue weighted by Gasteiger charge is -2.15. The fourth-order valence-corrected chi connectivity index (χ4v) is 3.65. The molecule has 3 aromatic rings. The van der Waals surface area contributed by atoms with Crippen LogP contribution >= 0.6 is 11.3 Å². The molecule has 2 aromatic carbocycles. The van der Waals surface area contributed by atoms with Crippen molar-refractivity contribution in [3.8, 4) is 5.75 Å². The summed E-state index contributed by atoms with van der Waals surface area (Å²) >= 11 is 1.19. The van der Waals surface area contributed by atoms with Gasteiger partial charge in [0, 0.05) is 6.42 Å². The zero-order valence-corrected chi connectivity index (χ0v) is 16.7. The van der Waals surface area contributed by atoms with Crippen LogP contribution in [0.4, 0.5) is 8.78 Å². The van der Waals surface area contributed by atoms with Gasteiger partial charge in [0.15, 0.2) is 0 Å². The number of carboxylic acids is 1. The van der Waals surface area contributed by atoms with Crippen LogP contribution in [-0.2, 0) is 11.2 Å². The van der Waals surface area contributed by atoms with E-state index in [1.165, 1.54) is 35.6 Å². The van der Waals surface area contributed by atoms with Gasteiger partial charge in [-0.3, -0.25) is 4.79 Å². The van der Waals surface area contributed by atoms with Crippen molar-refractivity contribution in [2.45, 2.75) is 19.4 Å². The van der Waals surface area contributed by atoms with Gasteiger partial charge in [-0.15, -0.1) is 11.3 Å². The standard InChI is InChI=1S/C21H18F2N2O4S/c1-12-19(30-18(25-12)10-13-2-4-14(22)5-3-13)20(26)24-11-17(21(27)28)29-16-8-6-15(23)7-9-16/h2-9,17H,10-11H2,1H3,(H,24,26)(H,27,28). The minimum absolute atomic E-state index is 0.175. The van der Waals surface area contributed by atoms with Crippen LogP contribution in [0.1, 0.15) is 25.9 Å². The van der Waals surface area contributed by atoms with Crippen molar-refractivity contribution < 1.29 is 28.2 Å². The number of carboxylic acid groups (broad SMARTS) is 1. The molecule has 2 N–H and O–H groups in total. The van der Waals surface area contributed by atoms with Crippen molar-refractivity contribution in [1.29, 1.82) is 0 Å². The molecular formula is C21H18F2N2O4S. The van der Waals surface area contributed by atoms with E-state index in [1.54, 1.807) is 19.1 Å². The summed E-state index contributed by atoms with van der Waals surface area (Å²) in [6.45, 7) is 1.40. The number of halogens is 2. The second-order valence-electron chi connectivity index (χ2n) is 6.43. The summed E-state index contributed by atoms with van der Waals surface area (Å²) < 4.78 is 31.3. The molecule has 3 rings (SSSR count). The lowest BCUT2D eigenvalue weighted by molar-refractivity contribution is -0.144. The van der Waals surface area contributed by atoms with E-state index >= 15 is 0 Å². The Morgan fingerprint density at radius 1 is 1.10 bits per heavy atom. The van der Waals surface area contributed by atoms with Crippen LogP contribution < -0.4 is 10.1 Å².